The Balaban J connectivity index is 1.73. The predicted octanol–water partition coefficient (Wildman–Crippen LogP) is 2.40. The molecular formula is C16H13N2O7PS. The fraction of sp³-hybridized carbons (Fsp3) is 0.125. The maximum Gasteiger partial charge on any atom is 0.393 e. The lowest BCUT2D eigenvalue weighted by Gasteiger charge is -2.04. The van der Waals surface area contributed by atoms with Gasteiger partial charge in [0.05, 0.1) is 0 Å². The van der Waals surface area contributed by atoms with Gasteiger partial charge in [-0.3, -0.25) is 9.36 Å². The quantitative estimate of drug-likeness (QED) is 0.482. The van der Waals surface area contributed by atoms with E-state index in [0.29, 0.717) is 17.1 Å². The third kappa shape index (κ3) is 3.13. The first-order valence-corrected chi connectivity index (χ1v) is 9.98. The zero-order valence-corrected chi connectivity index (χ0v) is 15.6. The molecule has 11 heteroatoms. The van der Waals surface area contributed by atoms with Crippen LogP contribution in [-0.2, 0) is 9.09 Å². The minimum Gasteiger partial charge on any atom is -0.454 e. The second kappa shape index (κ2) is 6.50. The van der Waals surface area contributed by atoms with E-state index < -0.39 is 7.60 Å². The van der Waals surface area contributed by atoms with E-state index in [1.807, 2.05) is 0 Å². The third-order valence-corrected chi connectivity index (χ3v) is 6.01. The molecule has 2 aromatic heterocycles. The van der Waals surface area contributed by atoms with Crippen LogP contribution >= 0.6 is 18.9 Å². The first kappa shape index (κ1) is 17.7. The Hall–Kier alpha value is -2.65. The van der Waals surface area contributed by atoms with Crippen molar-refractivity contribution in [3.63, 3.8) is 0 Å². The lowest BCUT2D eigenvalue weighted by molar-refractivity contribution is 0.104. The molecule has 1 aliphatic heterocycles. The van der Waals surface area contributed by atoms with Crippen molar-refractivity contribution < 1.29 is 32.7 Å². The molecule has 0 fully saturated rings. The minimum absolute atomic E-state index is 0.0988. The van der Waals surface area contributed by atoms with Crippen LogP contribution in [0, 0.1) is 0 Å². The number of ether oxygens (including phenoxy) is 2. The number of thiazole rings is 1. The normalized spacial score (nSPS) is 14.9. The van der Waals surface area contributed by atoms with Crippen molar-refractivity contribution in [2.24, 2.45) is 0 Å². The van der Waals surface area contributed by atoms with Gasteiger partial charge in [-0.1, -0.05) is 11.3 Å². The number of ketones is 1. The number of anilines is 1. The van der Waals surface area contributed by atoms with Crippen molar-refractivity contribution >= 4 is 35.3 Å². The number of benzene rings is 1. The number of carbonyl (C=O) groups excluding carboxylic acids is 1. The average Bonchev–Trinajstić information content (AvgIpc) is 3.39. The monoisotopic (exact) mass is 408 g/mol. The topological polar surface area (TPSA) is 134 Å². The van der Waals surface area contributed by atoms with Gasteiger partial charge in [0.25, 0.3) is 0 Å². The molecule has 1 atom stereocenters. The van der Waals surface area contributed by atoms with Gasteiger partial charge in [0.1, 0.15) is 10.6 Å². The number of nitrogens with zero attached hydrogens (tertiary/aromatic N) is 1. The molecule has 1 aliphatic rings. The van der Waals surface area contributed by atoms with Crippen LogP contribution < -0.4 is 20.7 Å². The molecule has 0 radical (unpaired) electrons. The molecule has 4 rings (SSSR count). The van der Waals surface area contributed by atoms with Crippen molar-refractivity contribution in [3.05, 3.63) is 40.8 Å². The Morgan fingerprint density at radius 3 is 2.85 bits per heavy atom. The summed E-state index contributed by atoms with van der Waals surface area (Å²) in [5, 5.41) is 0.158. The van der Waals surface area contributed by atoms with E-state index in [9.17, 15) is 14.3 Å². The molecule has 3 N–H and O–H groups in total. The van der Waals surface area contributed by atoms with Gasteiger partial charge in [0, 0.05) is 12.7 Å². The van der Waals surface area contributed by atoms with Crippen molar-refractivity contribution in [3.8, 4) is 23.0 Å². The van der Waals surface area contributed by atoms with Crippen LogP contribution in [0.3, 0.4) is 0 Å². The number of rotatable bonds is 5. The van der Waals surface area contributed by atoms with Crippen LogP contribution in [0.5, 0.6) is 11.5 Å². The number of hydrogen-bond donors (Lipinski definition) is 2. The fourth-order valence-electron chi connectivity index (χ4n) is 2.52. The lowest BCUT2D eigenvalue weighted by Crippen LogP contribution is -2.02. The molecule has 27 heavy (non-hydrogen) atoms. The summed E-state index contributed by atoms with van der Waals surface area (Å²) in [6.07, 6.45) is 0. The number of nitrogen functional groups attached to an aromatic ring is 1. The lowest BCUT2D eigenvalue weighted by atomic mass is 10.1. The highest BCUT2D eigenvalue weighted by atomic mass is 32.1. The Bertz CT molecular complexity index is 1090. The highest BCUT2D eigenvalue weighted by Crippen LogP contribution is 2.42. The molecule has 9 nitrogen and oxygen atoms in total. The van der Waals surface area contributed by atoms with E-state index in [-0.39, 0.29) is 39.5 Å². The second-order valence-electron chi connectivity index (χ2n) is 5.47. The molecule has 0 saturated heterocycles. The fourth-order valence-corrected chi connectivity index (χ4v) is 3.98. The molecule has 0 aliphatic carbocycles. The van der Waals surface area contributed by atoms with Crippen LogP contribution in [0.2, 0.25) is 0 Å². The predicted molar refractivity (Wildman–Crippen MR) is 96.7 cm³/mol. The Labute approximate surface area is 156 Å². The number of nitrogens with two attached hydrogens (primary N) is 1. The molecule has 1 aromatic carbocycles. The smallest absolute Gasteiger partial charge is 0.393 e. The van der Waals surface area contributed by atoms with E-state index in [2.05, 4.69) is 9.51 Å². The molecule has 0 bridgehead atoms. The van der Waals surface area contributed by atoms with Crippen LogP contribution in [0.4, 0.5) is 5.13 Å². The van der Waals surface area contributed by atoms with Gasteiger partial charge in [0.2, 0.25) is 18.1 Å². The number of hydrogen-bond acceptors (Lipinski definition) is 9. The van der Waals surface area contributed by atoms with Crippen LogP contribution in [0.25, 0.3) is 11.5 Å². The van der Waals surface area contributed by atoms with Crippen LogP contribution in [-0.4, -0.2) is 29.6 Å². The highest BCUT2D eigenvalue weighted by molar-refractivity contribution is 7.60. The number of carbonyl (C=O) groups is 1. The largest absolute Gasteiger partial charge is 0.454 e. The number of aromatic nitrogens is 1. The van der Waals surface area contributed by atoms with Gasteiger partial charge in [-0.2, -0.15) is 0 Å². The zero-order chi connectivity index (χ0) is 19.2. The molecule has 0 amide bonds. The molecule has 0 saturated carbocycles. The summed E-state index contributed by atoms with van der Waals surface area (Å²) < 4.78 is 32.4. The highest BCUT2D eigenvalue weighted by Gasteiger charge is 2.29. The van der Waals surface area contributed by atoms with E-state index >= 15 is 0 Å². The third-order valence-electron chi connectivity index (χ3n) is 3.84. The Kier molecular flexibility index (Phi) is 4.27. The van der Waals surface area contributed by atoms with Gasteiger partial charge in [-0.05, 0) is 30.3 Å². The van der Waals surface area contributed by atoms with Crippen molar-refractivity contribution in [1.29, 1.82) is 0 Å². The summed E-state index contributed by atoms with van der Waals surface area (Å²) in [5.41, 5.74) is 6.07. The van der Waals surface area contributed by atoms with E-state index in [1.165, 1.54) is 12.1 Å². The Morgan fingerprint density at radius 2 is 2.07 bits per heavy atom. The van der Waals surface area contributed by atoms with Crippen LogP contribution in [0.15, 0.2) is 34.7 Å². The summed E-state index contributed by atoms with van der Waals surface area (Å²) in [7, 11) is -2.97. The average molecular weight is 408 g/mol. The zero-order valence-electron chi connectivity index (χ0n) is 13.9. The molecule has 3 aromatic rings. The summed E-state index contributed by atoms with van der Waals surface area (Å²) in [6, 6.07) is 7.55. The van der Waals surface area contributed by atoms with Crippen molar-refractivity contribution in [2.75, 3.05) is 19.6 Å². The molecule has 140 valence electrons. The summed E-state index contributed by atoms with van der Waals surface area (Å²) in [6.45, 7) is 0.0988. The minimum atomic E-state index is -4.06. The SMILES string of the molecule is COP(=O)(O)c1ccc(-c2nc(N)sc2C(=O)c2ccc3c(c2)OCO3)o1. The van der Waals surface area contributed by atoms with E-state index in [1.54, 1.807) is 18.2 Å². The number of furan rings is 1. The second-order valence-corrected chi connectivity index (χ2v) is 8.35. The van der Waals surface area contributed by atoms with Gasteiger partial charge in [-0.15, -0.1) is 0 Å². The number of fused-ring (bicyclic) bond motifs is 1. The molecule has 3 heterocycles. The van der Waals surface area contributed by atoms with E-state index in [0.717, 1.165) is 18.4 Å². The summed E-state index contributed by atoms with van der Waals surface area (Å²) >= 11 is 0.990. The van der Waals surface area contributed by atoms with Crippen molar-refractivity contribution in [2.45, 2.75) is 0 Å². The molecule has 0 spiro atoms. The van der Waals surface area contributed by atoms with E-state index in [4.69, 9.17) is 19.6 Å². The first-order valence-electron chi connectivity index (χ1n) is 7.59. The Morgan fingerprint density at radius 1 is 1.30 bits per heavy atom. The van der Waals surface area contributed by atoms with Gasteiger partial charge in [-0.25, -0.2) is 4.98 Å². The first-order chi connectivity index (χ1) is 12.9. The van der Waals surface area contributed by atoms with Crippen molar-refractivity contribution in [1.82, 2.24) is 4.98 Å². The maximum atomic E-state index is 13.0. The standard InChI is InChI=1S/C16H13N2O7PS/c1-22-26(20,21)12-5-4-10(25-12)13-15(27-16(17)18-13)14(19)8-2-3-9-11(6-8)24-7-23-9/h2-6H,7H2,1H3,(H2,17,18)(H,20,21). The van der Waals surface area contributed by atoms with Gasteiger partial charge >= 0.3 is 7.60 Å². The summed E-state index contributed by atoms with van der Waals surface area (Å²) in [4.78, 5) is 27.0. The van der Waals surface area contributed by atoms with Crippen LogP contribution in [0.1, 0.15) is 15.2 Å². The van der Waals surface area contributed by atoms with Gasteiger partial charge in [0.15, 0.2) is 22.4 Å². The van der Waals surface area contributed by atoms with Gasteiger partial charge < -0.3 is 29.0 Å². The molecule has 1 unspecified atom stereocenters. The maximum absolute atomic E-state index is 13.0. The summed E-state index contributed by atoms with van der Waals surface area (Å²) in [5.74, 6) is 0.828. The molecular weight excluding hydrogens is 395 g/mol.